The molecule has 6 nitrogen and oxygen atoms in total. The number of hydrogen-bond acceptors (Lipinski definition) is 5. The number of aryl methyl sites for hydroxylation is 2. The molecule has 138 valence electrons. The van der Waals surface area contributed by atoms with Crippen molar-refractivity contribution in [2.45, 2.75) is 13.8 Å². The summed E-state index contributed by atoms with van der Waals surface area (Å²) < 4.78 is 16.0. The molecule has 1 amide bonds. The maximum absolute atomic E-state index is 12.1. The summed E-state index contributed by atoms with van der Waals surface area (Å²) in [6.45, 7) is 3.76. The third-order valence-corrected chi connectivity index (χ3v) is 3.82. The van der Waals surface area contributed by atoms with Gasteiger partial charge in [0.25, 0.3) is 5.91 Å². The Hall–Kier alpha value is -2.80. The van der Waals surface area contributed by atoms with E-state index in [1.165, 1.54) is 0 Å². The topological polar surface area (TPSA) is 68.8 Å². The highest BCUT2D eigenvalue weighted by Crippen LogP contribution is 2.28. The number of anilines is 1. The van der Waals surface area contributed by atoms with Crippen LogP contribution in [0.2, 0.25) is 0 Å². The summed E-state index contributed by atoms with van der Waals surface area (Å²) in [5.41, 5.74) is 2.65. The first-order chi connectivity index (χ1) is 12.4. The fourth-order valence-electron chi connectivity index (χ4n) is 2.22. The zero-order valence-electron chi connectivity index (χ0n) is 15.2. The van der Waals surface area contributed by atoms with Crippen LogP contribution >= 0.6 is 12.2 Å². The lowest BCUT2D eigenvalue weighted by molar-refractivity contribution is -0.121. The van der Waals surface area contributed by atoms with Gasteiger partial charge in [-0.1, -0.05) is 12.1 Å². The summed E-state index contributed by atoms with van der Waals surface area (Å²) in [4.78, 5) is 12.1. The number of carbonyl (C=O) groups is 1. The molecule has 2 rings (SSSR count). The second kappa shape index (κ2) is 9.05. The molecule has 0 aliphatic rings. The number of ether oxygens (including phenoxy) is 3. The van der Waals surface area contributed by atoms with E-state index in [0.29, 0.717) is 22.9 Å². The molecule has 0 radical (unpaired) electrons. The van der Waals surface area contributed by atoms with Crippen LogP contribution < -0.4 is 24.8 Å². The predicted molar refractivity (Wildman–Crippen MR) is 105 cm³/mol. The first kappa shape index (κ1) is 19.5. The van der Waals surface area contributed by atoms with E-state index in [-0.39, 0.29) is 17.6 Å². The maximum Gasteiger partial charge on any atom is 0.264 e. The van der Waals surface area contributed by atoms with Crippen molar-refractivity contribution in [3.05, 3.63) is 47.5 Å². The van der Waals surface area contributed by atoms with Gasteiger partial charge in [0.15, 0.2) is 11.7 Å². The highest BCUT2D eigenvalue weighted by Gasteiger charge is 2.10. The molecule has 0 saturated heterocycles. The summed E-state index contributed by atoms with van der Waals surface area (Å²) >= 11 is 5.17. The van der Waals surface area contributed by atoms with E-state index in [0.717, 1.165) is 11.1 Å². The Morgan fingerprint density at radius 1 is 1.04 bits per heavy atom. The van der Waals surface area contributed by atoms with Gasteiger partial charge >= 0.3 is 0 Å². The highest BCUT2D eigenvalue weighted by atomic mass is 32.1. The molecule has 0 spiro atoms. The lowest BCUT2D eigenvalue weighted by Crippen LogP contribution is -2.37. The van der Waals surface area contributed by atoms with Crippen molar-refractivity contribution in [1.29, 1.82) is 0 Å². The van der Waals surface area contributed by atoms with E-state index in [1.54, 1.807) is 32.4 Å². The smallest absolute Gasteiger partial charge is 0.264 e. The molecule has 2 N–H and O–H groups in total. The predicted octanol–water partition coefficient (Wildman–Crippen LogP) is 3.21. The van der Waals surface area contributed by atoms with E-state index in [2.05, 4.69) is 10.6 Å². The number of benzene rings is 2. The van der Waals surface area contributed by atoms with E-state index < -0.39 is 0 Å². The molecule has 0 bridgehead atoms. The van der Waals surface area contributed by atoms with Gasteiger partial charge in [0.1, 0.15) is 17.2 Å². The Kier molecular flexibility index (Phi) is 6.80. The van der Waals surface area contributed by atoms with Gasteiger partial charge < -0.3 is 19.5 Å². The van der Waals surface area contributed by atoms with Crippen LogP contribution in [-0.4, -0.2) is 31.8 Å². The van der Waals surface area contributed by atoms with Crippen LogP contribution in [0.5, 0.6) is 17.2 Å². The Labute approximate surface area is 158 Å². The molecule has 0 heterocycles. The quantitative estimate of drug-likeness (QED) is 0.757. The second-order valence-corrected chi connectivity index (χ2v) is 6.03. The largest absolute Gasteiger partial charge is 0.497 e. The molecule has 0 saturated carbocycles. The van der Waals surface area contributed by atoms with Gasteiger partial charge in [-0.2, -0.15) is 0 Å². The fourth-order valence-corrected chi connectivity index (χ4v) is 2.45. The summed E-state index contributed by atoms with van der Waals surface area (Å²) in [6, 6.07) is 11.1. The highest BCUT2D eigenvalue weighted by molar-refractivity contribution is 7.80. The van der Waals surface area contributed by atoms with Gasteiger partial charge in [0, 0.05) is 6.07 Å². The van der Waals surface area contributed by atoms with Gasteiger partial charge in [0.2, 0.25) is 0 Å². The molecule has 0 aliphatic carbocycles. The average molecular weight is 374 g/mol. The molecule has 2 aromatic carbocycles. The minimum absolute atomic E-state index is 0.133. The first-order valence-corrected chi connectivity index (χ1v) is 8.36. The normalized spacial score (nSPS) is 10.0. The Bertz CT molecular complexity index is 808. The van der Waals surface area contributed by atoms with E-state index in [9.17, 15) is 4.79 Å². The Balaban J connectivity index is 1.91. The Morgan fingerprint density at radius 3 is 2.50 bits per heavy atom. The molecule has 26 heavy (non-hydrogen) atoms. The summed E-state index contributed by atoms with van der Waals surface area (Å²) in [5.74, 6) is 1.53. The van der Waals surface area contributed by atoms with Crippen molar-refractivity contribution in [2.24, 2.45) is 0 Å². The van der Waals surface area contributed by atoms with Gasteiger partial charge in [0.05, 0.1) is 19.9 Å². The number of nitrogens with one attached hydrogen (secondary N) is 2. The number of rotatable bonds is 6. The van der Waals surface area contributed by atoms with E-state index in [1.807, 2.05) is 32.0 Å². The summed E-state index contributed by atoms with van der Waals surface area (Å²) in [5, 5.41) is 5.66. The van der Waals surface area contributed by atoms with E-state index in [4.69, 9.17) is 26.4 Å². The third-order valence-electron chi connectivity index (χ3n) is 3.61. The van der Waals surface area contributed by atoms with Crippen molar-refractivity contribution < 1.29 is 19.0 Å². The zero-order chi connectivity index (χ0) is 19.1. The second-order valence-electron chi connectivity index (χ2n) is 5.63. The lowest BCUT2D eigenvalue weighted by Gasteiger charge is -2.14. The number of hydrogen-bond donors (Lipinski definition) is 2. The third kappa shape index (κ3) is 5.35. The van der Waals surface area contributed by atoms with Crippen molar-refractivity contribution in [3.63, 3.8) is 0 Å². The molecule has 2 aromatic rings. The molecule has 0 aromatic heterocycles. The Morgan fingerprint density at radius 2 is 1.81 bits per heavy atom. The average Bonchev–Trinajstić information content (AvgIpc) is 2.62. The van der Waals surface area contributed by atoms with Crippen LogP contribution in [-0.2, 0) is 4.79 Å². The molecular weight excluding hydrogens is 352 g/mol. The van der Waals surface area contributed by atoms with Crippen LogP contribution in [0.4, 0.5) is 5.69 Å². The minimum atomic E-state index is -0.351. The van der Waals surface area contributed by atoms with Gasteiger partial charge in [-0.3, -0.25) is 10.1 Å². The number of carbonyl (C=O) groups excluding carboxylic acids is 1. The van der Waals surface area contributed by atoms with Crippen LogP contribution in [0.3, 0.4) is 0 Å². The number of methoxy groups -OCH3 is 2. The summed E-state index contributed by atoms with van der Waals surface area (Å²) in [6.07, 6.45) is 0. The van der Waals surface area contributed by atoms with Crippen LogP contribution in [0, 0.1) is 13.8 Å². The van der Waals surface area contributed by atoms with Gasteiger partial charge in [-0.05, 0) is 55.4 Å². The fraction of sp³-hybridized carbons (Fsp3) is 0.263. The van der Waals surface area contributed by atoms with Gasteiger partial charge in [-0.25, -0.2) is 0 Å². The molecule has 0 unspecified atom stereocenters. The lowest BCUT2D eigenvalue weighted by atomic mass is 10.1. The van der Waals surface area contributed by atoms with E-state index >= 15 is 0 Å². The molecular formula is C19H22N2O4S. The van der Waals surface area contributed by atoms with Crippen LogP contribution in [0.1, 0.15) is 11.1 Å². The molecule has 0 aliphatic heterocycles. The van der Waals surface area contributed by atoms with Crippen molar-refractivity contribution >= 4 is 28.9 Å². The number of amides is 1. The minimum Gasteiger partial charge on any atom is -0.497 e. The molecule has 0 fully saturated rings. The van der Waals surface area contributed by atoms with Crippen molar-refractivity contribution in [1.82, 2.24) is 5.32 Å². The summed E-state index contributed by atoms with van der Waals surface area (Å²) in [7, 11) is 3.11. The molecule has 0 atom stereocenters. The van der Waals surface area contributed by atoms with Crippen LogP contribution in [0.15, 0.2) is 36.4 Å². The van der Waals surface area contributed by atoms with Crippen LogP contribution in [0.25, 0.3) is 0 Å². The van der Waals surface area contributed by atoms with Crippen molar-refractivity contribution in [2.75, 3.05) is 26.1 Å². The maximum atomic E-state index is 12.1. The van der Waals surface area contributed by atoms with Crippen molar-refractivity contribution in [3.8, 4) is 17.2 Å². The standard InChI is InChI=1S/C19H22N2O4S/c1-12-5-6-13(2)16(9-12)25-11-18(22)21-19(26)20-15-8-7-14(23-3)10-17(15)24-4/h5-10H,11H2,1-4H3,(H2,20,21,22,26). The first-order valence-electron chi connectivity index (χ1n) is 7.96. The zero-order valence-corrected chi connectivity index (χ0v) is 16.0. The molecule has 7 heteroatoms. The monoisotopic (exact) mass is 374 g/mol. The number of thiocarbonyl (C=S) groups is 1. The van der Waals surface area contributed by atoms with Gasteiger partial charge in [-0.15, -0.1) is 0 Å². The SMILES string of the molecule is COc1ccc(NC(=S)NC(=O)COc2cc(C)ccc2C)c(OC)c1.